The van der Waals surface area contributed by atoms with E-state index in [1.54, 1.807) is 0 Å². The molecule has 0 radical (unpaired) electrons. The smallest absolute Gasteiger partial charge is 0.107 e. The summed E-state index contributed by atoms with van der Waals surface area (Å²) in [6.45, 7) is 0.935. The maximum absolute atomic E-state index is 5.64. The predicted molar refractivity (Wildman–Crippen MR) is 55.9 cm³/mol. The van der Waals surface area contributed by atoms with Crippen LogP contribution in [0.1, 0.15) is 19.3 Å². The number of hydrogen-bond donors (Lipinski definition) is 0. The van der Waals surface area contributed by atoms with Gasteiger partial charge < -0.3 is 4.74 Å². The molecule has 1 aromatic rings. The largest absolute Gasteiger partial charge is 0.367 e. The van der Waals surface area contributed by atoms with Crippen LogP contribution in [0.3, 0.4) is 0 Å². The molecule has 2 rings (SSSR count). The van der Waals surface area contributed by atoms with Crippen LogP contribution in [0.5, 0.6) is 0 Å². The molecule has 1 atom stereocenters. The maximum atomic E-state index is 5.64. The molecule has 13 heavy (non-hydrogen) atoms. The summed E-state index contributed by atoms with van der Waals surface area (Å²) in [6, 6.07) is 10.5. The number of benzene rings is 1. The monoisotopic (exact) mass is 194 g/mol. The van der Waals surface area contributed by atoms with Crippen LogP contribution >= 0.6 is 11.8 Å². The number of hydrogen-bond acceptors (Lipinski definition) is 2. The van der Waals surface area contributed by atoms with Gasteiger partial charge in [0.1, 0.15) is 5.44 Å². The molecular weight excluding hydrogens is 180 g/mol. The van der Waals surface area contributed by atoms with Gasteiger partial charge in [-0.05, 0) is 31.4 Å². The fourth-order valence-electron chi connectivity index (χ4n) is 1.45. The van der Waals surface area contributed by atoms with E-state index >= 15 is 0 Å². The Hall–Kier alpha value is -0.470. The van der Waals surface area contributed by atoms with Crippen molar-refractivity contribution < 1.29 is 4.74 Å². The summed E-state index contributed by atoms with van der Waals surface area (Å²) in [5.74, 6) is 0. The zero-order chi connectivity index (χ0) is 8.93. The molecule has 0 aliphatic carbocycles. The molecule has 1 fully saturated rings. The lowest BCUT2D eigenvalue weighted by molar-refractivity contribution is 0.0728. The minimum atomic E-state index is 0.385. The van der Waals surface area contributed by atoms with Crippen molar-refractivity contribution in [2.45, 2.75) is 29.6 Å². The Morgan fingerprint density at radius 2 is 2.00 bits per heavy atom. The van der Waals surface area contributed by atoms with Crippen LogP contribution in [0, 0.1) is 0 Å². The van der Waals surface area contributed by atoms with Gasteiger partial charge in [0.15, 0.2) is 0 Å². The number of ether oxygens (including phenoxy) is 1. The van der Waals surface area contributed by atoms with E-state index in [2.05, 4.69) is 24.3 Å². The van der Waals surface area contributed by atoms with Crippen LogP contribution < -0.4 is 0 Å². The molecule has 0 aromatic heterocycles. The van der Waals surface area contributed by atoms with Gasteiger partial charge in [-0.15, -0.1) is 0 Å². The van der Waals surface area contributed by atoms with Crippen LogP contribution in [-0.4, -0.2) is 12.0 Å². The molecule has 0 N–H and O–H groups in total. The van der Waals surface area contributed by atoms with Crippen molar-refractivity contribution in [2.75, 3.05) is 6.61 Å². The summed E-state index contributed by atoms with van der Waals surface area (Å²) in [5, 5.41) is 0. The second kappa shape index (κ2) is 4.68. The van der Waals surface area contributed by atoms with E-state index in [1.165, 1.54) is 24.2 Å². The lowest BCUT2D eigenvalue weighted by Crippen LogP contribution is -2.14. The maximum Gasteiger partial charge on any atom is 0.107 e. The quantitative estimate of drug-likeness (QED) is 0.714. The van der Waals surface area contributed by atoms with E-state index in [4.69, 9.17) is 4.74 Å². The second-order valence-corrected chi connectivity index (χ2v) is 4.46. The molecule has 1 saturated heterocycles. The molecule has 0 amide bonds. The Labute approximate surface area is 83.5 Å². The van der Waals surface area contributed by atoms with Crippen molar-refractivity contribution in [1.82, 2.24) is 0 Å². The Bertz CT molecular complexity index is 242. The van der Waals surface area contributed by atoms with E-state index in [0.29, 0.717) is 5.44 Å². The first-order valence-corrected chi connectivity index (χ1v) is 5.66. The third-order valence-electron chi connectivity index (χ3n) is 2.15. The van der Waals surface area contributed by atoms with Gasteiger partial charge in [0.2, 0.25) is 0 Å². The lowest BCUT2D eigenvalue weighted by atomic mass is 10.2. The zero-order valence-corrected chi connectivity index (χ0v) is 8.43. The van der Waals surface area contributed by atoms with E-state index in [1.807, 2.05) is 17.8 Å². The zero-order valence-electron chi connectivity index (χ0n) is 7.61. The minimum Gasteiger partial charge on any atom is -0.367 e. The molecule has 0 saturated carbocycles. The Morgan fingerprint density at radius 1 is 1.15 bits per heavy atom. The van der Waals surface area contributed by atoms with Crippen LogP contribution in [0.2, 0.25) is 0 Å². The van der Waals surface area contributed by atoms with Crippen molar-refractivity contribution in [2.24, 2.45) is 0 Å². The normalized spacial score (nSPS) is 22.9. The van der Waals surface area contributed by atoms with E-state index < -0.39 is 0 Å². The van der Waals surface area contributed by atoms with Gasteiger partial charge in [-0.25, -0.2) is 0 Å². The van der Waals surface area contributed by atoms with E-state index in [0.717, 1.165) is 6.61 Å². The Kier molecular flexibility index (Phi) is 3.27. The van der Waals surface area contributed by atoms with Crippen LogP contribution in [0.15, 0.2) is 35.2 Å². The van der Waals surface area contributed by atoms with Crippen LogP contribution in [0.25, 0.3) is 0 Å². The average Bonchev–Trinajstić information content (AvgIpc) is 2.21. The molecule has 1 nitrogen and oxygen atoms in total. The van der Waals surface area contributed by atoms with Gasteiger partial charge in [-0.2, -0.15) is 0 Å². The predicted octanol–water partition coefficient (Wildman–Crippen LogP) is 3.31. The molecule has 1 aromatic carbocycles. The fourth-order valence-corrected chi connectivity index (χ4v) is 2.52. The van der Waals surface area contributed by atoms with Gasteiger partial charge >= 0.3 is 0 Å². The molecule has 0 spiro atoms. The fraction of sp³-hybridized carbons (Fsp3) is 0.455. The molecule has 1 aliphatic rings. The molecular formula is C11H14OS. The van der Waals surface area contributed by atoms with Gasteiger partial charge in [0.25, 0.3) is 0 Å². The summed E-state index contributed by atoms with van der Waals surface area (Å²) in [4.78, 5) is 1.31. The third-order valence-corrected chi connectivity index (χ3v) is 3.33. The standard InChI is InChI=1S/C11H14OS/c1-2-6-10(7-3-1)13-11-8-4-5-9-12-11/h1-3,6-7,11H,4-5,8-9H2/t11-/m0/s1. The average molecular weight is 194 g/mol. The summed E-state index contributed by atoms with van der Waals surface area (Å²) in [6.07, 6.45) is 3.73. The van der Waals surface area contributed by atoms with Gasteiger partial charge in [-0.3, -0.25) is 0 Å². The van der Waals surface area contributed by atoms with Crippen molar-refractivity contribution in [3.05, 3.63) is 30.3 Å². The van der Waals surface area contributed by atoms with E-state index in [9.17, 15) is 0 Å². The highest BCUT2D eigenvalue weighted by molar-refractivity contribution is 7.99. The molecule has 1 aliphatic heterocycles. The first-order valence-electron chi connectivity index (χ1n) is 4.78. The molecule has 0 unspecified atom stereocenters. The second-order valence-electron chi connectivity index (χ2n) is 3.23. The first kappa shape index (κ1) is 9.10. The SMILES string of the molecule is c1ccc(S[C@H]2CCCCO2)cc1. The van der Waals surface area contributed by atoms with Crippen molar-refractivity contribution >= 4 is 11.8 Å². The molecule has 70 valence electrons. The van der Waals surface area contributed by atoms with Crippen LogP contribution in [-0.2, 0) is 4.74 Å². The van der Waals surface area contributed by atoms with Crippen LogP contribution in [0.4, 0.5) is 0 Å². The summed E-state index contributed by atoms with van der Waals surface area (Å²) in [5.41, 5.74) is 0.385. The minimum absolute atomic E-state index is 0.385. The van der Waals surface area contributed by atoms with Crippen molar-refractivity contribution in [1.29, 1.82) is 0 Å². The highest BCUT2D eigenvalue weighted by Crippen LogP contribution is 2.29. The van der Waals surface area contributed by atoms with Gasteiger partial charge in [-0.1, -0.05) is 30.0 Å². The first-order chi connectivity index (χ1) is 6.45. The highest BCUT2D eigenvalue weighted by atomic mass is 32.2. The van der Waals surface area contributed by atoms with Crippen molar-refractivity contribution in [3.63, 3.8) is 0 Å². The van der Waals surface area contributed by atoms with Gasteiger partial charge in [0, 0.05) is 11.5 Å². The Balaban J connectivity index is 1.90. The number of rotatable bonds is 2. The highest BCUT2D eigenvalue weighted by Gasteiger charge is 2.14. The summed E-state index contributed by atoms with van der Waals surface area (Å²) >= 11 is 1.84. The summed E-state index contributed by atoms with van der Waals surface area (Å²) in [7, 11) is 0. The summed E-state index contributed by atoms with van der Waals surface area (Å²) < 4.78 is 5.64. The number of thioether (sulfide) groups is 1. The Morgan fingerprint density at radius 3 is 2.69 bits per heavy atom. The van der Waals surface area contributed by atoms with Gasteiger partial charge in [0.05, 0.1) is 0 Å². The van der Waals surface area contributed by atoms with E-state index in [-0.39, 0.29) is 0 Å². The molecule has 0 bridgehead atoms. The third kappa shape index (κ3) is 2.75. The molecule has 2 heteroatoms. The van der Waals surface area contributed by atoms with Crippen molar-refractivity contribution in [3.8, 4) is 0 Å². The molecule has 1 heterocycles. The lowest BCUT2D eigenvalue weighted by Gasteiger charge is -2.21. The topological polar surface area (TPSA) is 9.23 Å².